The van der Waals surface area contributed by atoms with Crippen molar-refractivity contribution in [1.82, 2.24) is 4.90 Å². The van der Waals surface area contributed by atoms with Gasteiger partial charge in [0.05, 0.1) is 11.7 Å². The highest BCUT2D eigenvalue weighted by molar-refractivity contribution is 5.99. The van der Waals surface area contributed by atoms with Gasteiger partial charge in [0.2, 0.25) is 5.91 Å². The van der Waals surface area contributed by atoms with Crippen LogP contribution in [0.4, 0.5) is 10.1 Å². The van der Waals surface area contributed by atoms with Crippen LogP contribution < -0.4 is 4.90 Å². The average molecular weight is 278 g/mol. The predicted octanol–water partition coefficient (Wildman–Crippen LogP) is 2.91. The second-order valence-electron chi connectivity index (χ2n) is 5.91. The largest absolute Gasteiger partial charge is 0.308 e. The Labute approximate surface area is 120 Å². The molecule has 1 atom stereocenters. The third-order valence-electron chi connectivity index (χ3n) is 3.91. The number of carbonyl (C=O) groups excluding carboxylic acids is 1. The van der Waals surface area contributed by atoms with Gasteiger partial charge in [-0.15, -0.1) is 0 Å². The van der Waals surface area contributed by atoms with E-state index in [1.165, 1.54) is 6.07 Å². The van der Waals surface area contributed by atoms with E-state index >= 15 is 0 Å². The second kappa shape index (κ2) is 6.35. The summed E-state index contributed by atoms with van der Waals surface area (Å²) in [5.74, 6) is 0.310. The molecule has 0 N–H and O–H groups in total. The highest BCUT2D eigenvalue weighted by Crippen LogP contribution is 2.26. The Morgan fingerprint density at radius 1 is 1.40 bits per heavy atom. The summed E-state index contributed by atoms with van der Waals surface area (Å²) in [6, 6.07) is 6.36. The molecule has 1 amide bonds. The van der Waals surface area contributed by atoms with Gasteiger partial charge in [0.1, 0.15) is 5.82 Å². The Balaban J connectivity index is 2.04. The van der Waals surface area contributed by atoms with E-state index in [-0.39, 0.29) is 17.8 Å². The Bertz CT molecular complexity index is 475. The summed E-state index contributed by atoms with van der Waals surface area (Å²) in [6.45, 7) is 5.85. The summed E-state index contributed by atoms with van der Waals surface area (Å²) in [4.78, 5) is 16.1. The van der Waals surface area contributed by atoms with Crippen LogP contribution in [0.25, 0.3) is 0 Å². The number of para-hydroxylation sites is 1. The monoisotopic (exact) mass is 278 g/mol. The summed E-state index contributed by atoms with van der Waals surface area (Å²) in [7, 11) is 1.98. The minimum atomic E-state index is -0.327. The number of anilines is 1. The maximum atomic E-state index is 13.8. The standard InChI is InChI=1S/C16H23FN2O/c1-12(2)8-10-18(3)15-9-11-19(16(15)20)14-7-5-4-6-13(14)17/h4-7,12,15H,8-11H2,1-3H3. The van der Waals surface area contributed by atoms with Gasteiger partial charge in [0, 0.05) is 6.54 Å². The SMILES string of the molecule is CC(C)CCN(C)C1CCN(c2ccccc2F)C1=O. The molecule has 1 fully saturated rings. The van der Waals surface area contributed by atoms with Gasteiger partial charge in [-0.2, -0.15) is 0 Å². The number of hydrogen-bond donors (Lipinski definition) is 0. The molecule has 0 bridgehead atoms. The topological polar surface area (TPSA) is 23.6 Å². The van der Waals surface area contributed by atoms with Crippen LogP contribution in [0.2, 0.25) is 0 Å². The van der Waals surface area contributed by atoms with E-state index in [1.54, 1.807) is 23.1 Å². The van der Waals surface area contributed by atoms with Crippen molar-refractivity contribution in [2.75, 3.05) is 25.0 Å². The van der Waals surface area contributed by atoms with Crippen LogP contribution in [0.15, 0.2) is 24.3 Å². The first-order valence-electron chi connectivity index (χ1n) is 7.27. The maximum Gasteiger partial charge on any atom is 0.244 e. The van der Waals surface area contributed by atoms with Crippen LogP contribution in [-0.4, -0.2) is 37.0 Å². The fraction of sp³-hybridized carbons (Fsp3) is 0.562. The van der Waals surface area contributed by atoms with Gasteiger partial charge in [-0.25, -0.2) is 4.39 Å². The first-order valence-corrected chi connectivity index (χ1v) is 7.27. The Morgan fingerprint density at radius 2 is 2.10 bits per heavy atom. The molecule has 110 valence electrons. The number of likely N-dealkylation sites (N-methyl/N-ethyl adjacent to an activating group) is 1. The Morgan fingerprint density at radius 3 is 2.75 bits per heavy atom. The maximum absolute atomic E-state index is 13.8. The zero-order valence-corrected chi connectivity index (χ0v) is 12.5. The van der Waals surface area contributed by atoms with Crippen molar-refractivity contribution in [2.24, 2.45) is 5.92 Å². The summed E-state index contributed by atoms with van der Waals surface area (Å²) in [5, 5.41) is 0. The fourth-order valence-electron chi connectivity index (χ4n) is 2.60. The lowest BCUT2D eigenvalue weighted by Gasteiger charge is -2.24. The van der Waals surface area contributed by atoms with Crippen LogP contribution in [0.3, 0.4) is 0 Å². The van der Waals surface area contributed by atoms with Crippen molar-refractivity contribution < 1.29 is 9.18 Å². The summed E-state index contributed by atoms with van der Waals surface area (Å²) < 4.78 is 13.8. The summed E-state index contributed by atoms with van der Waals surface area (Å²) in [6.07, 6.45) is 1.84. The highest BCUT2D eigenvalue weighted by atomic mass is 19.1. The van der Waals surface area contributed by atoms with E-state index in [4.69, 9.17) is 0 Å². The van der Waals surface area contributed by atoms with E-state index in [1.807, 2.05) is 7.05 Å². The van der Waals surface area contributed by atoms with Gasteiger partial charge in [0.15, 0.2) is 0 Å². The van der Waals surface area contributed by atoms with Gasteiger partial charge in [-0.1, -0.05) is 26.0 Å². The van der Waals surface area contributed by atoms with Crippen molar-refractivity contribution in [3.8, 4) is 0 Å². The summed E-state index contributed by atoms with van der Waals surface area (Å²) in [5.41, 5.74) is 0.400. The number of carbonyl (C=O) groups is 1. The molecule has 1 unspecified atom stereocenters. The van der Waals surface area contributed by atoms with Crippen molar-refractivity contribution in [1.29, 1.82) is 0 Å². The number of hydrogen-bond acceptors (Lipinski definition) is 2. The van der Waals surface area contributed by atoms with E-state index in [9.17, 15) is 9.18 Å². The summed E-state index contributed by atoms with van der Waals surface area (Å²) >= 11 is 0. The molecule has 0 radical (unpaired) electrons. The van der Waals surface area contributed by atoms with Gasteiger partial charge in [0.25, 0.3) is 0 Å². The molecule has 1 saturated heterocycles. The minimum Gasteiger partial charge on any atom is -0.308 e. The number of benzene rings is 1. The van der Waals surface area contributed by atoms with Gasteiger partial charge in [-0.05, 0) is 44.5 Å². The van der Waals surface area contributed by atoms with Gasteiger partial charge in [-0.3, -0.25) is 9.69 Å². The highest BCUT2D eigenvalue weighted by Gasteiger charge is 2.35. The predicted molar refractivity (Wildman–Crippen MR) is 79.2 cm³/mol. The minimum absolute atomic E-state index is 0.0151. The number of amides is 1. The van der Waals surface area contributed by atoms with Crippen molar-refractivity contribution in [3.05, 3.63) is 30.1 Å². The third-order valence-corrected chi connectivity index (χ3v) is 3.91. The molecule has 0 spiro atoms. The molecule has 4 heteroatoms. The van der Waals surface area contributed by atoms with Crippen LogP contribution in [0.1, 0.15) is 26.7 Å². The molecule has 1 aliphatic heterocycles. The molecule has 1 heterocycles. The van der Waals surface area contributed by atoms with E-state index in [0.717, 1.165) is 19.4 Å². The molecule has 1 aromatic rings. The van der Waals surface area contributed by atoms with Crippen molar-refractivity contribution >= 4 is 11.6 Å². The molecule has 1 aliphatic rings. The first-order chi connectivity index (χ1) is 9.50. The molecule has 20 heavy (non-hydrogen) atoms. The average Bonchev–Trinajstić information content (AvgIpc) is 2.78. The Hall–Kier alpha value is -1.42. The number of nitrogens with zero attached hydrogens (tertiary/aromatic N) is 2. The fourth-order valence-corrected chi connectivity index (χ4v) is 2.60. The molecule has 3 nitrogen and oxygen atoms in total. The molecular formula is C16H23FN2O. The number of halogens is 1. The first kappa shape index (κ1) is 15.0. The zero-order chi connectivity index (χ0) is 14.7. The van der Waals surface area contributed by atoms with Crippen LogP contribution in [0, 0.1) is 11.7 Å². The Kier molecular flexibility index (Phi) is 4.76. The van der Waals surface area contributed by atoms with Crippen molar-refractivity contribution in [2.45, 2.75) is 32.7 Å². The quantitative estimate of drug-likeness (QED) is 0.827. The van der Waals surface area contributed by atoms with Gasteiger partial charge < -0.3 is 4.90 Å². The lowest BCUT2D eigenvalue weighted by Crippen LogP contribution is -2.40. The van der Waals surface area contributed by atoms with Crippen LogP contribution in [-0.2, 0) is 4.79 Å². The smallest absolute Gasteiger partial charge is 0.244 e. The molecule has 0 aromatic heterocycles. The van der Waals surface area contributed by atoms with Crippen LogP contribution >= 0.6 is 0 Å². The second-order valence-corrected chi connectivity index (χ2v) is 5.91. The lowest BCUT2D eigenvalue weighted by atomic mass is 10.1. The normalized spacial score (nSPS) is 19.4. The molecule has 1 aromatic carbocycles. The van der Waals surface area contributed by atoms with Gasteiger partial charge >= 0.3 is 0 Å². The molecule has 2 rings (SSSR count). The van der Waals surface area contributed by atoms with E-state index < -0.39 is 0 Å². The van der Waals surface area contributed by atoms with E-state index in [2.05, 4.69) is 18.7 Å². The zero-order valence-electron chi connectivity index (χ0n) is 12.5. The molecule has 0 aliphatic carbocycles. The number of rotatable bonds is 5. The molecule has 0 saturated carbocycles. The van der Waals surface area contributed by atoms with E-state index in [0.29, 0.717) is 18.2 Å². The van der Waals surface area contributed by atoms with Crippen LogP contribution in [0.5, 0.6) is 0 Å². The third kappa shape index (κ3) is 3.18. The molecular weight excluding hydrogens is 255 g/mol. The lowest BCUT2D eigenvalue weighted by molar-refractivity contribution is -0.121. The van der Waals surface area contributed by atoms with Crippen molar-refractivity contribution in [3.63, 3.8) is 0 Å².